The second-order valence-electron chi connectivity index (χ2n) is 7.52. The van der Waals surface area contributed by atoms with Crippen molar-refractivity contribution in [1.82, 2.24) is 4.98 Å². The largest absolute Gasteiger partial charge is 0.503 e. The van der Waals surface area contributed by atoms with E-state index in [1.54, 1.807) is 13.8 Å². The molecule has 0 spiro atoms. The van der Waals surface area contributed by atoms with Gasteiger partial charge in [0.05, 0.1) is 13.0 Å². The van der Waals surface area contributed by atoms with Crippen LogP contribution in [-0.2, 0) is 9.53 Å². The fraction of sp³-hybridized carbons (Fsp3) is 0.435. The predicted octanol–water partition coefficient (Wildman–Crippen LogP) is 4.04. The fourth-order valence-corrected chi connectivity index (χ4v) is 3.06. The molecule has 0 unspecified atom stereocenters. The molecule has 7 nitrogen and oxygen atoms in total. The molecule has 162 valence electrons. The molecule has 1 heterocycles. The number of ether oxygens (including phenoxy) is 3. The van der Waals surface area contributed by atoms with Crippen LogP contribution in [-0.4, -0.2) is 41.2 Å². The highest BCUT2D eigenvalue weighted by molar-refractivity contribution is 5.99. The standard InChI is InChI=1S/C23H29NO6/c1-14(2)22(30-17-9-7-6-8-10-17)16(4)29-23(27)15(3)13-18(25)20-21(26)19(28-5)11-12-24-20/h6-12,14-16,22,26H,13H2,1-5H3/t15-,16+,22+/m1/s1. The van der Waals surface area contributed by atoms with E-state index in [1.165, 1.54) is 19.4 Å². The Morgan fingerprint density at radius 2 is 1.73 bits per heavy atom. The topological polar surface area (TPSA) is 95.0 Å². The molecule has 7 heteroatoms. The number of nitrogens with zero attached hydrogens (tertiary/aromatic N) is 1. The van der Waals surface area contributed by atoms with Crippen LogP contribution in [0.25, 0.3) is 0 Å². The molecule has 3 atom stereocenters. The lowest BCUT2D eigenvalue weighted by atomic mass is 10.0. The number of methoxy groups -OCH3 is 1. The first-order valence-corrected chi connectivity index (χ1v) is 9.91. The number of Topliss-reactive ketones (excluding diaryl/α,β-unsaturated/α-hetero) is 1. The minimum Gasteiger partial charge on any atom is -0.503 e. The molecule has 0 saturated carbocycles. The van der Waals surface area contributed by atoms with Crippen molar-refractivity contribution in [2.24, 2.45) is 11.8 Å². The smallest absolute Gasteiger partial charge is 0.309 e. The first-order chi connectivity index (χ1) is 14.2. The number of pyridine rings is 1. The van der Waals surface area contributed by atoms with Crippen LogP contribution in [0.4, 0.5) is 0 Å². The Kier molecular flexibility index (Phi) is 8.21. The average molecular weight is 415 g/mol. The second-order valence-corrected chi connectivity index (χ2v) is 7.52. The van der Waals surface area contributed by atoms with Crippen LogP contribution in [0.1, 0.15) is 44.6 Å². The molecule has 30 heavy (non-hydrogen) atoms. The number of para-hydroxylation sites is 1. The van der Waals surface area contributed by atoms with Crippen molar-refractivity contribution < 1.29 is 28.9 Å². The first kappa shape index (κ1) is 23.2. The lowest BCUT2D eigenvalue weighted by Gasteiger charge is -2.29. The quantitative estimate of drug-likeness (QED) is 0.462. The number of carbonyl (C=O) groups excluding carboxylic acids is 2. The molecular formula is C23H29NO6. The van der Waals surface area contributed by atoms with Crippen LogP contribution in [0.3, 0.4) is 0 Å². The van der Waals surface area contributed by atoms with Gasteiger partial charge in [0.2, 0.25) is 0 Å². The van der Waals surface area contributed by atoms with Gasteiger partial charge in [0.1, 0.15) is 18.0 Å². The van der Waals surface area contributed by atoms with Crippen molar-refractivity contribution in [3.05, 3.63) is 48.3 Å². The molecular weight excluding hydrogens is 386 g/mol. The van der Waals surface area contributed by atoms with E-state index in [0.717, 1.165) is 0 Å². The molecule has 0 radical (unpaired) electrons. The molecule has 0 amide bonds. The van der Waals surface area contributed by atoms with Gasteiger partial charge in [0.15, 0.2) is 23.0 Å². The molecule has 1 aromatic heterocycles. The summed E-state index contributed by atoms with van der Waals surface area (Å²) in [6.45, 7) is 7.35. The summed E-state index contributed by atoms with van der Waals surface area (Å²) in [7, 11) is 1.38. The summed E-state index contributed by atoms with van der Waals surface area (Å²) >= 11 is 0. The normalized spacial score (nSPS) is 13.9. The monoisotopic (exact) mass is 415 g/mol. The van der Waals surface area contributed by atoms with Gasteiger partial charge in [-0.3, -0.25) is 9.59 Å². The Balaban J connectivity index is 2.00. The molecule has 1 aromatic carbocycles. The van der Waals surface area contributed by atoms with Crippen LogP contribution in [0.2, 0.25) is 0 Å². The van der Waals surface area contributed by atoms with Crippen LogP contribution < -0.4 is 9.47 Å². The number of benzene rings is 1. The van der Waals surface area contributed by atoms with E-state index in [0.29, 0.717) is 5.75 Å². The van der Waals surface area contributed by atoms with E-state index in [-0.39, 0.29) is 35.6 Å². The van der Waals surface area contributed by atoms with E-state index >= 15 is 0 Å². The molecule has 2 aromatic rings. The lowest BCUT2D eigenvalue weighted by Crippen LogP contribution is -2.38. The highest BCUT2D eigenvalue weighted by Crippen LogP contribution is 2.29. The molecule has 0 saturated heterocycles. The summed E-state index contributed by atoms with van der Waals surface area (Å²) in [6.07, 6.45) is 0.359. The van der Waals surface area contributed by atoms with E-state index in [1.807, 2.05) is 44.2 Å². The number of esters is 1. The van der Waals surface area contributed by atoms with Gasteiger partial charge in [-0.15, -0.1) is 0 Å². The zero-order chi connectivity index (χ0) is 22.3. The molecule has 0 aliphatic rings. The molecule has 0 bridgehead atoms. The van der Waals surface area contributed by atoms with Crippen LogP contribution in [0, 0.1) is 11.8 Å². The van der Waals surface area contributed by atoms with Gasteiger partial charge in [-0.25, -0.2) is 4.98 Å². The van der Waals surface area contributed by atoms with Gasteiger partial charge in [-0.2, -0.15) is 0 Å². The van der Waals surface area contributed by atoms with Crippen molar-refractivity contribution in [2.45, 2.75) is 46.3 Å². The Morgan fingerprint density at radius 1 is 1.07 bits per heavy atom. The maximum absolute atomic E-state index is 12.6. The van der Waals surface area contributed by atoms with E-state index in [9.17, 15) is 14.7 Å². The van der Waals surface area contributed by atoms with Crippen molar-refractivity contribution in [2.75, 3.05) is 7.11 Å². The Bertz CT molecular complexity index is 852. The number of aromatic nitrogens is 1. The predicted molar refractivity (Wildman–Crippen MR) is 112 cm³/mol. The summed E-state index contributed by atoms with van der Waals surface area (Å²) in [6, 6.07) is 10.8. The average Bonchev–Trinajstić information content (AvgIpc) is 2.72. The van der Waals surface area contributed by atoms with E-state index in [2.05, 4.69) is 4.98 Å². The third-order valence-corrected chi connectivity index (χ3v) is 4.70. The van der Waals surface area contributed by atoms with Gasteiger partial charge in [-0.05, 0) is 25.0 Å². The number of aromatic hydroxyl groups is 1. The maximum atomic E-state index is 12.6. The van der Waals surface area contributed by atoms with Gasteiger partial charge >= 0.3 is 5.97 Å². The molecule has 2 rings (SSSR count). The highest BCUT2D eigenvalue weighted by atomic mass is 16.6. The summed E-state index contributed by atoms with van der Waals surface area (Å²) in [5.41, 5.74) is -0.130. The number of hydrogen-bond donors (Lipinski definition) is 1. The Labute approximate surface area is 177 Å². The van der Waals surface area contributed by atoms with Gasteiger partial charge in [0, 0.05) is 18.7 Å². The van der Waals surface area contributed by atoms with Gasteiger partial charge in [0.25, 0.3) is 0 Å². The molecule has 1 N–H and O–H groups in total. The minimum absolute atomic E-state index is 0.0999. The summed E-state index contributed by atoms with van der Waals surface area (Å²) in [4.78, 5) is 29.0. The third-order valence-electron chi connectivity index (χ3n) is 4.70. The summed E-state index contributed by atoms with van der Waals surface area (Å²) in [5, 5.41) is 10.1. The number of hydrogen-bond acceptors (Lipinski definition) is 7. The maximum Gasteiger partial charge on any atom is 0.309 e. The van der Waals surface area contributed by atoms with Crippen molar-refractivity contribution in [3.63, 3.8) is 0 Å². The van der Waals surface area contributed by atoms with Crippen LogP contribution in [0.15, 0.2) is 42.6 Å². The van der Waals surface area contributed by atoms with Gasteiger partial charge in [-0.1, -0.05) is 39.0 Å². The van der Waals surface area contributed by atoms with Gasteiger partial charge < -0.3 is 19.3 Å². The first-order valence-electron chi connectivity index (χ1n) is 9.91. The Hall–Kier alpha value is -3.09. The fourth-order valence-electron chi connectivity index (χ4n) is 3.06. The number of carbonyl (C=O) groups is 2. The zero-order valence-electron chi connectivity index (χ0n) is 18.0. The van der Waals surface area contributed by atoms with Crippen LogP contribution >= 0.6 is 0 Å². The summed E-state index contributed by atoms with van der Waals surface area (Å²) < 4.78 is 16.6. The molecule has 0 fully saturated rings. The molecule has 0 aliphatic heterocycles. The van der Waals surface area contributed by atoms with Crippen molar-refractivity contribution in [3.8, 4) is 17.2 Å². The SMILES string of the molecule is COc1ccnc(C(=O)C[C@@H](C)C(=O)O[C@@H](C)[C@@H](Oc2ccccc2)C(C)C)c1O. The minimum atomic E-state index is -0.711. The number of ketones is 1. The molecule has 0 aliphatic carbocycles. The lowest BCUT2D eigenvalue weighted by molar-refractivity contribution is -0.158. The third kappa shape index (κ3) is 5.95. The van der Waals surface area contributed by atoms with Crippen molar-refractivity contribution in [1.29, 1.82) is 0 Å². The second kappa shape index (κ2) is 10.6. The van der Waals surface area contributed by atoms with E-state index in [4.69, 9.17) is 14.2 Å². The zero-order valence-corrected chi connectivity index (χ0v) is 18.0. The number of rotatable bonds is 10. The van der Waals surface area contributed by atoms with E-state index < -0.39 is 23.8 Å². The van der Waals surface area contributed by atoms with Crippen molar-refractivity contribution >= 4 is 11.8 Å². The summed E-state index contributed by atoms with van der Waals surface area (Å²) in [5.74, 6) is -1.09. The van der Waals surface area contributed by atoms with Crippen LogP contribution in [0.5, 0.6) is 17.2 Å². The highest BCUT2D eigenvalue weighted by Gasteiger charge is 2.29. The Morgan fingerprint density at radius 3 is 2.33 bits per heavy atom.